The molecule has 1 fully saturated rings. The predicted octanol–water partition coefficient (Wildman–Crippen LogP) is 6.10. The number of para-hydroxylation sites is 1. The molecule has 2 aliphatic rings. The van der Waals surface area contributed by atoms with Crippen LogP contribution in [0.4, 0.5) is 40.9 Å². The summed E-state index contributed by atoms with van der Waals surface area (Å²) in [4.78, 5) is 6.83. The smallest absolute Gasteiger partial charge is 0.451 e. The summed E-state index contributed by atoms with van der Waals surface area (Å²) in [5.74, 6) is -3.94. The molecule has 6 rings (SSSR count). The fourth-order valence-corrected chi connectivity index (χ4v) is 5.33. The van der Waals surface area contributed by atoms with Crippen molar-refractivity contribution in [2.45, 2.75) is 43.3 Å². The maximum Gasteiger partial charge on any atom is 0.451 e. The molecular formula is C26H19F8N5O2. The van der Waals surface area contributed by atoms with Gasteiger partial charge in [-0.1, -0.05) is 18.2 Å². The Morgan fingerprint density at radius 3 is 2.49 bits per heavy atom. The molecule has 0 radical (unpaired) electrons. The maximum absolute atomic E-state index is 14.4. The zero-order valence-corrected chi connectivity index (χ0v) is 21.0. The lowest BCUT2D eigenvalue weighted by Crippen LogP contribution is -2.67. The van der Waals surface area contributed by atoms with Gasteiger partial charge in [0.15, 0.2) is 17.1 Å². The van der Waals surface area contributed by atoms with Crippen LogP contribution in [0.1, 0.15) is 30.3 Å². The fourth-order valence-electron chi connectivity index (χ4n) is 5.33. The highest BCUT2D eigenvalue weighted by atomic mass is 19.4. The van der Waals surface area contributed by atoms with Crippen LogP contribution in [0, 0.1) is 11.6 Å². The number of aromatic nitrogens is 4. The van der Waals surface area contributed by atoms with Gasteiger partial charge in [-0.2, -0.15) is 31.4 Å². The highest BCUT2D eigenvalue weighted by Gasteiger charge is 2.68. The van der Waals surface area contributed by atoms with Gasteiger partial charge in [-0.05, 0) is 24.6 Å². The predicted molar refractivity (Wildman–Crippen MR) is 128 cm³/mol. The molecule has 2 unspecified atom stereocenters. The van der Waals surface area contributed by atoms with Gasteiger partial charge < -0.3 is 14.8 Å². The third kappa shape index (κ3) is 4.42. The number of halogens is 8. The van der Waals surface area contributed by atoms with Crippen molar-refractivity contribution in [3.63, 3.8) is 0 Å². The maximum atomic E-state index is 14.4. The van der Waals surface area contributed by atoms with Gasteiger partial charge in [-0.25, -0.2) is 23.4 Å². The number of rotatable bonds is 5. The Kier molecular flexibility index (Phi) is 5.96. The number of benzene rings is 2. The fraction of sp³-hybridized carbons (Fsp3) is 0.346. The number of alkyl halides is 6. The number of nitrogens with one attached hydrogen (secondary N) is 1. The van der Waals surface area contributed by atoms with E-state index in [9.17, 15) is 35.1 Å². The molecule has 0 aliphatic carbocycles. The van der Waals surface area contributed by atoms with Crippen molar-refractivity contribution >= 4 is 16.9 Å². The molecule has 216 valence electrons. The summed E-state index contributed by atoms with van der Waals surface area (Å²) in [6.45, 7) is 0.872. The third-order valence-electron chi connectivity index (χ3n) is 7.21. The summed E-state index contributed by atoms with van der Waals surface area (Å²) < 4.78 is 124. The Morgan fingerprint density at radius 1 is 1.05 bits per heavy atom. The Bertz CT molecular complexity index is 1660. The molecule has 1 saturated heterocycles. The first-order valence-electron chi connectivity index (χ1n) is 12.3. The van der Waals surface area contributed by atoms with Gasteiger partial charge in [0.25, 0.3) is 0 Å². The molecule has 0 amide bonds. The van der Waals surface area contributed by atoms with Crippen LogP contribution in [0.2, 0.25) is 0 Å². The number of hydrogen-bond donors (Lipinski definition) is 1. The Balaban J connectivity index is 1.36. The van der Waals surface area contributed by atoms with Crippen molar-refractivity contribution < 1.29 is 44.6 Å². The molecule has 15 heteroatoms. The Morgan fingerprint density at radius 2 is 1.80 bits per heavy atom. The highest BCUT2D eigenvalue weighted by Crippen LogP contribution is 2.57. The van der Waals surface area contributed by atoms with Gasteiger partial charge >= 0.3 is 12.4 Å². The summed E-state index contributed by atoms with van der Waals surface area (Å²) in [6, 6.07) is 7.42. The zero-order chi connectivity index (χ0) is 29.4. The van der Waals surface area contributed by atoms with Crippen LogP contribution in [0.25, 0.3) is 16.7 Å². The number of nitrogens with zero attached hydrogens (tertiary/aromatic N) is 4. The van der Waals surface area contributed by atoms with Crippen molar-refractivity contribution in [1.29, 1.82) is 0 Å². The first-order chi connectivity index (χ1) is 19.2. The molecule has 41 heavy (non-hydrogen) atoms. The van der Waals surface area contributed by atoms with Crippen molar-refractivity contribution in [2.75, 3.05) is 18.5 Å². The lowest BCUT2D eigenvalue weighted by atomic mass is 9.74. The van der Waals surface area contributed by atoms with Crippen molar-refractivity contribution in [2.24, 2.45) is 0 Å². The minimum Gasteiger partial charge on any atom is -0.493 e. The minimum absolute atomic E-state index is 0.226. The number of anilines is 1. The van der Waals surface area contributed by atoms with Crippen LogP contribution in [-0.4, -0.2) is 44.7 Å². The highest BCUT2D eigenvalue weighted by molar-refractivity contribution is 5.87. The molecule has 2 aromatic heterocycles. The summed E-state index contributed by atoms with van der Waals surface area (Å²) >= 11 is 0. The number of fused-ring (bicyclic) bond motifs is 2. The van der Waals surface area contributed by atoms with Crippen LogP contribution >= 0.6 is 0 Å². The lowest BCUT2D eigenvalue weighted by molar-refractivity contribution is -0.380. The summed E-state index contributed by atoms with van der Waals surface area (Å²) in [6.07, 6.45) is -9.01. The monoisotopic (exact) mass is 585 g/mol. The molecule has 2 aliphatic heterocycles. The van der Waals surface area contributed by atoms with E-state index >= 15 is 0 Å². The van der Waals surface area contributed by atoms with E-state index in [1.54, 1.807) is 12.1 Å². The second-order valence-corrected chi connectivity index (χ2v) is 10.0. The molecule has 2 aromatic carbocycles. The molecule has 0 bridgehead atoms. The molecule has 0 spiro atoms. The van der Waals surface area contributed by atoms with E-state index in [1.807, 2.05) is 6.07 Å². The first kappa shape index (κ1) is 27.2. The second kappa shape index (κ2) is 8.99. The molecular weight excluding hydrogens is 566 g/mol. The standard InChI is InChI=1S/C26H19F8N5O2/c1-23(16-4-2-3-13-7-8-40-19(13)16)11-24(41-23,26(32,33)34)12-35-20-15-10-36-39(18-6-5-14(27)9-17(18)28)21(15)38-22(37-20)25(29,30)31/h2-6,9-10H,7-8,11-12H2,1H3,(H,35,37,38). The van der Waals surface area contributed by atoms with Crippen LogP contribution in [-0.2, 0) is 22.9 Å². The Labute approximate surface area is 226 Å². The van der Waals surface area contributed by atoms with Crippen LogP contribution in [0.5, 0.6) is 5.75 Å². The quantitative estimate of drug-likeness (QED) is 0.286. The van der Waals surface area contributed by atoms with E-state index in [0.717, 1.165) is 23.9 Å². The lowest BCUT2D eigenvalue weighted by Gasteiger charge is -2.55. The third-order valence-corrected chi connectivity index (χ3v) is 7.21. The van der Waals surface area contributed by atoms with Crippen LogP contribution < -0.4 is 10.1 Å². The van der Waals surface area contributed by atoms with E-state index in [4.69, 9.17) is 9.47 Å². The van der Waals surface area contributed by atoms with Crippen molar-refractivity contribution in [1.82, 2.24) is 19.7 Å². The molecule has 2 atom stereocenters. The van der Waals surface area contributed by atoms with E-state index in [-0.39, 0.29) is 5.39 Å². The number of ether oxygens (including phenoxy) is 2. The summed E-state index contributed by atoms with van der Waals surface area (Å²) in [5.41, 5.74) is -3.86. The van der Waals surface area contributed by atoms with E-state index in [1.165, 1.54) is 6.92 Å². The molecule has 4 aromatic rings. The van der Waals surface area contributed by atoms with Crippen molar-refractivity contribution in [3.05, 3.63) is 71.2 Å². The molecule has 1 N–H and O–H groups in total. The van der Waals surface area contributed by atoms with Crippen molar-refractivity contribution in [3.8, 4) is 11.4 Å². The van der Waals surface area contributed by atoms with Gasteiger partial charge in [-0.15, -0.1) is 0 Å². The summed E-state index contributed by atoms with van der Waals surface area (Å²) in [7, 11) is 0. The molecule has 7 nitrogen and oxygen atoms in total. The van der Waals surface area contributed by atoms with E-state index < -0.39 is 71.1 Å². The average molecular weight is 585 g/mol. The normalized spacial score (nSPS) is 22.4. The van der Waals surface area contributed by atoms with Crippen LogP contribution in [0.15, 0.2) is 42.6 Å². The van der Waals surface area contributed by atoms with Gasteiger partial charge in [0, 0.05) is 24.5 Å². The Hall–Kier alpha value is -4.01. The van der Waals surface area contributed by atoms with E-state index in [0.29, 0.717) is 35.1 Å². The SMILES string of the molecule is CC1(c2cccc3c2OCC3)CC(CNc2nc(C(F)(F)F)nc3c2cnn3-c2ccc(F)cc2F)(C(F)(F)F)O1. The first-order valence-corrected chi connectivity index (χ1v) is 12.3. The van der Waals surface area contributed by atoms with Gasteiger partial charge in [0.05, 0.1) is 30.3 Å². The molecule has 0 saturated carbocycles. The van der Waals surface area contributed by atoms with Gasteiger partial charge in [0.1, 0.15) is 23.1 Å². The van der Waals surface area contributed by atoms with Crippen LogP contribution in [0.3, 0.4) is 0 Å². The summed E-state index contributed by atoms with van der Waals surface area (Å²) in [5, 5.41) is 5.96. The second-order valence-electron chi connectivity index (χ2n) is 10.0. The number of hydrogen-bond acceptors (Lipinski definition) is 6. The average Bonchev–Trinajstić information content (AvgIpc) is 3.51. The topological polar surface area (TPSA) is 74.1 Å². The largest absolute Gasteiger partial charge is 0.493 e. The molecule has 4 heterocycles. The zero-order valence-electron chi connectivity index (χ0n) is 21.0. The minimum atomic E-state index is -5.11. The van der Waals surface area contributed by atoms with Gasteiger partial charge in [-0.3, -0.25) is 0 Å². The van der Waals surface area contributed by atoms with Gasteiger partial charge in [0.2, 0.25) is 5.82 Å². The van der Waals surface area contributed by atoms with E-state index in [2.05, 4.69) is 20.4 Å².